The molecule has 0 bridgehead atoms. The second kappa shape index (κ2) is 8.68. The van der Waals surface area contributed by atoms with Gasteiger partial charge in [0.05, 0.1) is 6.04 Å². The summed E-state index contributed by atoms with van der Waals surface area (Å²) in [5.41, 5.74) is 3.26. The van der Waals surface area contributed by atoms with Crippen molar-refractivity contribution in [2.75, 3.05) is 6.61 Å². The fourth-order valence-electron chi connectivity index (χ4n) is 2.65. The standard InChI is InChI=1S/C22H20BrNO2/c1-16-7-9-18(10-8-16)22(17-5-3-2-4-6-17)24-21(25)15-26-20-13-11-19(23)12-14-20/h2-14,22H,15H2,1H3,(H,24,25)/t22-/m0/s1. The highest BCUT2D eigenvalue weighted by molar-refractivity contribution is 9.10. The Morgan fingerprint density at radius 1 is 0.923 bits per heavy atom. The molecule has 0 saturated heterocycles. The van der Waals surface area contributed by atoms with E-state index in [4.69, 9.17) is 4.74 Å². The van der Waals surface area contributed by atoms with Gasteiger partial charge in [-0.25, -0.2) is 0 Å². The molecule has 3 nitrogen and oxygen atoms in total. The lowest BCUT2D eigenvalue weighted by Gasteiger charge is -2.20. The van der Waals surface area contributed by atoms with E-state index in [9.17, 15) is 4.79 Å². The van der Waals surface area contributed by atoms with Crippen molar-refractivity contribution in [1.29, 1.82) is 0 Å². The lowest BCUT2D eigenvalue weighted by atomic mass is 9.98. The molecule has 1 N–H and O–H groups in total. The maximum Gasteiger partial charge on any atom is 0.258 e. The van der Waals surface area contributed by atoms with Crippen LogP contribution in [0.15, 0.2) is 83.3 Å². The zero-order valence-corrected chi connectivity index (χ0v) is 16.1. The third kappa shape index (κ3) is 4.96. The fraction of sp³-hybridized carbons (Fsp3) is 0.136. The van der Waals surface area contributed by atoms with Crippen molar-refractivity contribution in [3.63, 3.8) is 0 Å². The summed E-state index contributed by atoms with van der Waals surface area (Å²) in [5.74, 6) is 0.497. The molecule has 0 aliphatic heterocycles. The number of carbonyl (C=O) groups is 1. The zero-order valence-electron chi connectivity index (χ0n) is 14.5. The Hall–Kier alpha value is -2.59. The topological polar surface area (TPSA) is 38.3 Å². The van der Waals surface area contributed by atoms with Gasteiger partial charge in [-0.2, -0.15) is 0 Å². The normalized spacial score (nSPS) is 11.6. The molecule has 0 heterocycles. The molecule has 0 fully saturated rings. The maximum atomic E-state index is 12.5. The molecule has 0 unspecified atom stereocenters. The number of halogens is 1. The van der Waals surface area contributed by atoms with Crippen LogP contribution in [0.5, 0.6) is 5.75 Å². The summed E-state index contributed by atoms with van der Waals surface area (Å²) in [5, 5.41) is 3.08. The minimum absolute atomic E-state index is 0.0309. The van der Waals surface area contributed by atoms with E-state index in [1.165, 1.54) is 5.56 Å². The van der Waals surface area contributed by atoms with Crippen LogP contribution in [0.2, 0.25) is 0 Å². The SMILES string of the molecule is Cc1ccc([C@@H](NC(=O)COc2ccc(Br)cc2)c2ccccc2)cc1. The van der Waals surface area contributed by atoms with Crippen molar-refractivity contribution in [3.05, 3.63) is 100 Å². The largest absolute Gasteiger partial charge is 0.484 e. The summed E-state index contributed by atoms with van der Waals surface area (Å²) >= 11 is 3.38. The van der Waals surface area contributed by atoms with Gasteiger partial charge in [0.25, 0.3) is 5.91 Å². The molecule has 0 aromatic heterocycles. The Balaban J connectivity index is 1.71. The second-order valence-corrected chi connectivity index (χ2v) is 6.98. The van der Waals surface area contributed by atoms with Crippen molar-refractivity contribution in [3.8, 4) is 5.75 Å². The third-order valence-corrected chi connectivity index (χ3v) is 4.56. The van der Waals surface area contributed by atoms with Gasteiger partial charge in [0.15, 0.2) is 6.61 Å². The monoisotopic (exact) mass is 409 g/mol. The Morgan fingerprint density at radius 3 is 2.19 bits per heavy atom. The summed E-state index contributed by atoms with van der Waals surface area (Å²) in [6, 6.07) is 25.3. The molecule has 0 saturated carbocycles. The fourth-order valence-corrected chi connectivity index (χ4v) is 2.91. The van der Waals surface area contributed by atoms with E-state index in [-0.39, 0.29) is 18.6 Å². The molecule has 0 spiro atoms. The van der Waals surface area contributed by atoms with Crippen molar-refractivity contribution >= 4 is 21.8 Å². The van der Waals surface area contributed by atoms with E-state index < -0.39 is 0 Å². The molecule has 0 aliphatic rings. The van der Waals surface area contributed by atoms with Gasteiger partial charge in [-0.1, -0.05) is 76.1 Å². The molecular formula is C22H20BrNO2. The van der Waals surface area contributed by atoms with Crippen molar-refractivity contribution in [1.82, 2.24) is 5.32 Å². The molecule has 1 atom stereocenters. The lowest BCUT2D eigenvalue weighted by molar-refractivity contribution is -0.123. The molecular weight excluding hydrogens is 390 g/mol. The molecule has 0 radical (unpaired) electrons. The van der Waals surface area contributed by atoms with Crippen molar-refractivity contribution < 1.29 is 9.53 Å². The first-order chi connectivity index (χ1) is 12.6. The van der Waals surface area contributed by atoms with Crippen molar-refractivity contribution in [2.24, 2.45) is 0 Å². The quantitative estimate of drug-likeness (QED) is 0.618. The number of hydrogen-bond acceptors (Lipinski definition) is 2. The highest BCUT2D eigenvalue weighted by Gasteiger charge is 2.17. The van der Waals surface area contributed by atoms with Crippen LogP contribution in [0, 0.1) is 6.92 Å². The minimum Gasteiger partial charge on any atom is -0.484 e. The summed E-state index contributed by atoms with van der Waals surface area (Å²) in [4.78, 5) is 12.5. The summed E-state index contributed by atoms with van der Waals surface area (Å²) in [7, 11) is 0. The van der Waals surface area contributed by atoms with Gasteiger partial charge < -0.3 is 10.1 Å². The average molecular weight is 410 g/mol. The minimum atomic E-state index is -0.210. The van der Waals surface area contributed by atoms with Gasteiger partial charge in [0.2, 0.25) is 0 Å². The number of carbonyl (C=O) groups excluding carboxylic acids is 1. The van der Waals surface area contributed by atoms with Crippen LogP contribution in [-0.2, 0) is 4.79 Å². The number of rotatable bonds is 6. The first-order valence-electron chi connectivity index (χ1n) is 8.41. The zero-order chi connectivity index (χ0) is 18.4. The van der Waals surface area contributed by atoms with Crippen LogP contribution in [-0.4, -0.2) is 12.5 Å². The number of ether oxygens (including phenoxy) is 1. The predicted octanol–water partition coefficient (Wildman–Crippen LogP) is 5.04. The van der Waals surface area contributed by atoms with Crippen molar-refractivity contribution in [2.45, 2.75) is 13.0 Å². The Kier molecular flexibility index (Phi) is 6.08. The van der Waals surface area contributed by atoms with Crippen LogP contribution in [0.1, 0.15) is 22.7 Å². The number of benzene rings is 3. The predicted molar refractivity (Wildman–Crippen MR) is 107 cm³/mol. The average Bonchev–Trinajstić information content (AvgIpc) is 2.67. The maximum absolute atomic E-state index is 12.5. The summed E-state index contributed by atoms with van der Waals surface area (Å²) in [6.07, 6.45) is 0. The van der Waals surface area contributed by atoms with E-state index in [1.807, 2.05) is 73.7 Å². The van der Waals surface area contributed by atoms with Crippen LogP contribution >= 0.6 is 15.9 Å². The summed E-state index contributed by atoms with van der Waals surface area (Å²) < 4.78 is 6.55. The first-order valence-corrected chi connectivity index (χ1v) is 9.20. The van der Waals surface area contributed by atoms with Gasteiger partial charge in [-0.3, -0.25) is 4.79 Å². The Morgan fingerprint density at radius 2 is 1.54 bits per heavy atom. The number of amides is 1. The van der Waals surface area contributed by atoms with Gasteiger partial charge in [0, 0.05) is 4.47 Å². The molecule has 1 amide bonds. The van der Waals surface area contributed by atoms with Crippen LogP contribution in [0.25, 0.3) is 0 Å². The lowest BCUT2D eigenvalue weighted by Crippen LogP contribution is -2.33. The van der Waals surface area contributed by atoms with E-state index in [0.29, 0.717) is 5.75 Å². The van der Waals surface area contributed by atoms with Crippen LogP contribution < -0.4 is 10.1 Å². The highest BCUT2D eigenvalue weighted by atomic mass is 79.9. The first kappa shape index (κ1) is 18.2. The smallest absolute Gasteiger partial charge is 0.258 e. The van der Waals surface area contributed by atoms with Gasteiger partial charge >= 0.3 is 0 Å². The molecule has 3 aromatic rings. The molecule has 132 valence electrons. The highest BCUT2D eigenvalue weighted by Crippen LogP contribution is 2.22. The van der Waals surface area contributed by atoms with E-state index >= 15 is 0 Å². The van der Waals surface area contributed by atoms with E-state index in [2.05, 4.69) is 33.4 Å². The molecule has 3 aromatic carbocycles. The number of hydrogen-bond donors (Lipinski definition) is 1. The van der Waals surface area contributed by atoms with Gasteiger partial charge in [-0.15, -0.1) is 0 Å². The Bertz CT molecular complexity index is 846. The van der Waals surface area contributed by atoms with Gasteiger partial charge in [-0.05, 0) is 42.3 Å². The Labute approximate surface area is 162 Å². The van der Waals surface area contributed by atoms with E-state index in [0.717, 1.165) is 15.6 Å². The molecule has 26 heavy (non-hydrogen) atoms. The third-order valence-electron chi connectivity index (χ3n) is 4.03. The molecule has 4 heteroatoms. The van der Waals surface area contributed by atoms with Crippen LogP contribution in [0.3, 0.4) is 0 Å². The number of nitrogens with one attached hydrogen (secondary N) is 1. The van der Waals surface area contributed by atoms with Gasteiger partial charge in [0.1, 0.15) is 5.75 Å². The second-order valence-electron chi connectivity index (χ2n) is 6.06. The molecule has 3 rings (SSSR count). The van der Waals surface area contributed by atoms with E-state index in [1.54, 1.807) is 0 Å². The van der Waals surface area contributed by atoms with Crippen LogP contribution in [0.4, 0.5) is 0 Å². The number of aryl methyl sites for hydroxylation is 1. The summed E-state index contributed by atoms with van der Waals surface area (Å²) in [6.45, 7) is 2.02. The molecule has 0 aliphatic carbocycles.